The Balaban J connectivity index is 1.39. The molecule has 2 fully saturated rings. The molecule has 6 heteroatoms. The number of rotatable bonds is 6. The second-order valence-corrected chi connectivity index (χ2v) is 9.06. The number of nitrogens with zero attached hydrogens (tertiary/aromatic N) is 4. The Labute approximate surface area is 192 Å². The van der Waals surface area contributed by atoms with Gasteiger partial charge in [-0.25, -0.2) is 0 Å². The highest BCUT2D eigenvalue weighted by Crippen LogP contribution is 2.27. The van der Waals surface area contributed by atoms with Crippen molar-refractivity contribution in [3.05, 3.63) is 54.1 Å². The minimum atomic E-state index is -0.0548. The highest BCUT2D eigenvalue weighted by molar-refractivity contribution is 6.06. The monoisotopic (exact) mass is 435 g/mol. The van der Waals surface area contributed by atoms with Crippen LogP contribution in [0.1, 0.15) is 31.1 Å². The maximum absolute atomic E-state index is 13.0. The number of benzene rings is 2. The number of piperazine rings is 2. The van der Waals surface area contributed by atoms with E-state index in [4.69, 9.17) is 0 Å². The van der Waals surface area contributed by atoms with E-state index in [9.17, 15) is 4.79 Å². The van der Waals surface area contributed by atoms with Crippen LogP contribution < -0.4 is 15.1 Å². The van der Waals surface area contributed by atoms with E-state index in [1.807, 2.05) is 30.3 Å². The lowest BCUT2D eigenvalue weighted by Crippen LogP contribution is -2.48. The fourth-order valence-corrected chi connectivity index (χ4v) is 4.67. The van der Waals surface area contributed by atoms with Crippen molar-refractivity contribution in [2.24, 2.45) is 0 Å². The van der Waals surface area contributed by atoms with Crippen molar-refractivity contribution in [1.82, 2.24) is 9.80 Å². The largest absolute Gasteiger partial charge is 0.369 e. The van der Waals surface area contributed by atoms with Crippen LogP contribution >= 0.6 is 0 Å². The number of hydrogen-bond donors (Lipinski definition) is 1. The van der Waals surface area contributed by atoms with Crippen LogP contribution in [0.25, 0.3) is 0 Å². The van der Waals surface area contributed by atoms with Crippen LogP contribution in [0.15, 0.2) is 48.5 Å². The molecule has 2 aromatic carbocycles. The molecule has 2 saturated heterocycles. The van der Waals surface area contributed by atoms with Crippen LogP contribution in [-0.4, -0.2) is 80.7 Å². The van der Waals surface area contributed by atoms with Gasteiger partial charge >= 0.3 is 0 Å². The van der Waals surface area contributed by atoms with Crippen molar-refractivity contribution in [2.45, 2.75) is 26.8 Å². The van der Waals surface area contributed by atoms with Crippen molar-refractivity contribution in [3.63, 3.8) is 0 Å². The van der Waals surface area contributed by atoms with Crippen LogP contribution in [0.2, 0.25) is 0 Å². The summed E-state index contributed by atoms with van der Waals surface area (Å²) in [6, 6.07) is 16.8. The standard InChI is InChI=1S/C26H37N5O/c1-4-28-13-15-31(16-14-28)25-8-6-5-7-24(25)27-26(32)22-9-11-23(12-10-22)30-19-17-29(18-20-30)21(2)3/h5-12,21H,4,13-20H2,1-3H3,(H,27,32). The maximum Gasteiger partial charge on any atom is 0.255 e. The molecule has 2 aliphatic heterocycles. The number of carbonyl (C=O) groups excluding carboxylic acids is 1. The van der Waals surface area contributed by atoms with Crippen molar-refractivity contribution in [3.8, 4) is 0 Å². The van der Waals surface area contributed by atoms with Crippen LogP contribution in [0.4, 0.5) is 17.1 Å². The van der Waals surface area contributed by atoms with Crippen molar-refractivity contribution >= 4 is 23.0 Å². The number of carbonyl (C=O) groups is 1. The molecule has 1 N–H and O–H groups in total. The van der Waals surface area contributed by atoms with Crippen LogP contribution in [0, 0.1) is 0 Å². The van der Waals surface area contributed by atoms with Crippen LogP contribution in [0.5, 0.6) is 0 Å². The molecule has 0 aliphatic carbocycles. The summed E-state index contributed by atoms with van der Waals surface area (Å²) in [5.74, 6) is -0.0548. The normalized spacial score (nSPS) is 18.2. The number of likely N-dealkylation sites (N-methyl/N-ethyl adjacent to an activating group) is 1. The molecule has 2 aliphatic rings. The Bertz CT molecular complexity index is 881. The van der Waals surface area contributed by atoms with Gasteiger partial charge in [0.1, 0.15) is 0 Å². The van der Waals surface area contributed by atoms with Crippen molar-refractivity contribution in [1.29, 1.82) is 0 Å². The molecule has 6 nitrogen and oxygen atoms in total. The van der Waals surface area contributed by atoms with Crippen molar-refractivity contribution < 1.29 is 4.79 Å². The molecule has 1 amide bonds. The summed E-state index contributed by atoms with van der Waals surface area (Å²) in [4.78, 5) is 22.8. The van der Waals surface area contributed by atoms with Gasteiger partial charge in [0, 0.05) is 69.7 Å². The zero-order valence-electron chi connectivity index (χ0n) is 19.8. The molecule has 0 saturated carbocycles. The van der Waals surface area contributed by atoms with E-state index in [0.717, 1.165) is 70.3 Å². The molecule has 0 spiro atoms. The van der Waals surface area contributed by atoms with E-state index >= 15 is 0 Å². The Morgan fingerprint density at radius 1 is 0.844 bits per heavy atom. The summed E-state index contributed by atoms with van der Waals surface area (Å²) in [5.41, 5.74) is 3.88. The molecular weight excluding hydrogens is 398 g/mol. The van der Waals surface area contributed by atoms with Gasteiger partial charge in [-0.2, -0.15) is 0 Å². The summed E-state index contributed by atoms with van der Waals surface area (Å²) in [5, 5.41) is 3.15. The van der Waals surface area contributed by atoms with E-state index in [2.05, 4.69) is 63.9 Å². The number of amides is 1. The second kappa shape index (κ2) is 10.4. The van der Waals surface area contributed by atoms with Gasteiger partial charge in [-0.05, 0) is 56.8 Å². The molecular formula is C26H37N5O. The molecule has 172 valence electrons. The van der Waals surface area contributed by atoms with Gasteiger partial charge in [0.05, 0.1) is 11.4 Å². The van der Waals surface area contributed by atoms with Gasteiger partial charge in [-0.3, -0.25) is 9.69 Å². The first-order valence-corrected chi connectivity index (χ1v) is 12.0. The van der Waals surface area contributed by atoms with E-state index in [-0.39, 0.29) is 5.91 Å². The fraction of sp³-hybridized carbons (Fsp3) is 0.500. The number of nitrogens with one attached hydrogen (secondary N) is 1. The fourth-order valence-electron chi connectivity index (χ4n) is 4.67. The molecule has 0 aromatic heterocycles. The molecule has 4 rings (SSSR count). The molecule has 2 aromatic rings. The topological polar surface area (TPSA) is 42.1 Å². The lowest BCUT2D eigenvalue weighted by molar-refractivity contribution is 0.102. The van der Waals surface area contributed by atoms with E-state index in [1.54, 1.807) is 0 Å². The van der Waals surface area contributed by atoms with Gasteiger partial charge in [-0.15, -0.1) is 0 Å². The lowest BCUT2D eigenvalue weighted by Gasteiger charge is -2.38. The number of anilines is 3. The lowest BCUT2D eigenvalue weighted by atomic mass is 10.1. The van der Waals surface area contributed by atoms with E-state index in [0.29, 0.717) is 11.6 Å². The highest BCUT2D eigenvalue weighted by atomic mass is 16.1. The molecule has 0 radical (unpaired) electrons. The van der Waals surface area contributed by atoms with Gasteiger partial charge in [0.25, 0.3) is 5.91 Å². The average molecular weight is 436 g/mol. The zero-order chi connectivity index (χ0) is 22.5. The SMILES string of the molecule is CCN1CCN(c2ccccc2NC(=O)c2ccc(N3CCN(C(C)C)CC3)cc2)CC1. The highest BCUT2D eigenvalue weighted by Gasteiger charge is 2.21. The van der Waals surface area contributed by atoms with Crippen LogP contribution in [-0.2, 0) is 0 Å². The van der Waals surface area contributed by atoms with Gasteiger partial charge in [0.15, 0.2) is 0 Å². The first-order chi connectivity index (χ1) is 15.5. The summed E-state index contributed by atoms with van der Waals surface area (Å²) >= 11 is 0. The van der Waals surface area contributed by atoms with Gasteiger partial charge in [0.2, 0.25) is 0 Å². The second-order valence-electron chi connectivity index (χ2n) is 9.06. The number of hydrogen-bond acceptors (Lipinski definition) is 5. The molecule has 0 bridgehead atoms. The minimum absolute atomic E-state index is 0.0548. The average Bonchev–Trinajstić information content (AvgIpc) is 2.84. The smallest absolute Gasteiger partial charge is 0.255 e. The summed E-state index contributed by atoms with van der Waals surface area (Å²) in [7, 11) is 0. The van der Waals surface area contributed by atoms with Crippen molar-refractivity contribution in [2.75, 3.05) is 74.0 Å². The maximum atomic E-state index is 13.0. The van der Waals surface area contributed by atoms with Gasteiger partial charge in [-0.1, -0.05) is 19.1 Å². The zero-order valence-corrected chi connectivity index (χ0v) is 19.8. The third kappa shape index (κ3) is 5.25. The minimum Gasteiger partial charge on any atom is -0.369 e. The van der Waals surface area contributed by atoms with E-state index in [1.165, 1.54) is 5.69 Å². The predicted octanol–water partition coefficient (Wildman–Crippen LogP) is 3.61. The Kier molecular flexibility index (Phi) is 7.33. The predicted molar refractivity (Wildman–Crippen MR) is 134 cm³/mol. The van der Waals surface area contributed by atoms with Crippen LogP contribution in [0.3, 0.4) is 0 Å². The Morgan fingerprint density at radius 3 is 2.09 bits per heavy atom. The molecule has 0 atom stereocenters. The first-order valence-electron chi connectivity index (χ1n) is 12.0. The quantitative estimate of drug-likeness (QED) is 0.751. The number of para-hydroxylation sites is 2. The summed E-state index contributed by atoms with van der Waals surface area (Å²) in [6.07, 6.45) is 0. The van der Waals surface area contributed by atoms with E-state index < -0.39 is 0 Å². The Hall–Kier alpha value is -2.57. The van der Waals surface area contributed by atoms with Gasteiger partial charge < -0.3 is 20.0 Å². The summed E-state index contributed by atoms with van der Waals surface area (Å²) in [6.45, 7) is 16.1. The molecule has 0 unspecified atom stereocenters. The molecule has 2 heterocycles. The summed E-state index contributed by atoms with van der Waals surface area (Å²) < 4.78 is 0. The third-order valence-corrected chi connectivity index (χ3v) is 6.85. The third-order valence-electron chi connectivity index (χ3n) is 6.85. The Morgan fingerprint density at radius 2 is 1.47 bits per heavy atom. The molecule has 32 heavy (non-hydrogen) atoms. The first kappa shape index (κ1) is 22.6.